The fraction of sp³-hybridized carbons (Fsp3) is 0.538. The molecule has 1 aromatic carbocycles. The average molecular weight is 301 g/mol. The number of rotatable bonds is 2. The molecule has 1 saturated heterocycles. The van der Waals surface area contributed by atoms with Crippen molar-refractivity contribution in [2.45, 2.75) is 32.5 Å². The Hall–Kier alpha value is -0.450. The maximum absolute atomic E-state index is 13.0. The number of hydrogen-bond acceptors (Lipinski definition) is 2. The van der Waals surface area contributed by atoms with Crippen LogP contribution in [0, 0.1) is 5.82 Å². The molecule has 1 N–H and O–H groups in total. The minimum absolute atomic E-state index is 0.192. The van der Waals surface area contributed by atoms with Gasteiger partial charge in [-0.1, -0.05) is 22.0 Å². The SMILES string of the molecule is CC1CN(Cc2ccc(F)cc2Br)CC(C)N1. The Labute approximate surface area is 110 Å². The van der Waals surface area contributed by atoms with E-state index in [1.54, 1.807) is 0 Å². The van der Waals surface area contributed by atoms with Gasteiger partial charge in [-0.2, -0.15) is 0 Å². The molecule has 0 spiro atoms. The lowest BCUT2D eigenvalue weighted by atomic mass is 10.1. The zero-order valence-electron chi connectivity index (χ0n) is 10.2. The minimum atomic E-state index is -0.192. The first-order valence-corrected chi connectivity index (χ1v) is 6.76. The normalized spacial score (nSPS) is 26.1. The Kier molecular flexibility index (Phi) is 4.17. The number of hydrogen-bond donors (Lipinski definition) is 1. The molecule has 0 amide bonds. The van der Waals surface area contributed by atoms with E-state index < -0.39 is 0 Å². The van der Waals surface area contributed by atoms with Gasteiger partial charge in [0.1, 0.15) is 5.82 Å². The Bertz CT molecular complexity index is 387. The van der Waals surface area contributed by atoms with Gasteiger partial charge >= 0.3 is 0 Å². The van der Waals surface area contributed by atoms with Crippen LogP contribution in [0.5, 0.6) is 0 Å². The van der Waals surface area contributed by atoms with Crippen molar-refractivity contribution in [1.82, 2.24) is 10.2 Å². The Morgan fingerprint density at radius 2 is 2.00 bits per heavy atom. The highest BCUT2D eigenvalue weighted by atomic mass is 79.9. The highest BCUT2D eigenvalue weighted by molar-refractivity contribution is 9.10. The molecule has 0 aromatic heterocycles. The van der Waals surface area contributed by atoms with E-state index in [9.17, 15) is 4.39 Å². The van der Waals surface area contributed by atoms with Gasteiger partial charge in [0.05, 0.1) is 0 Å². The van der Waals surface area contributed by atoms with Crippen LogP contribution in [-0.2, 0) is 6.54 Å². The molecule has 2 atom stereocenters. The van der Waals surface area contributed by atoms with Gasteiger partial charge in [0.25, 0.3) is 0 Å². The van der Waals surface area contributed by atoms with Crippen molar-refractivity contribution in [2.75, 3.05) is 13.1 Å². The van der Waals surface area contributed by atoms with Crippen LogP contribution in [0.3, 0.4) is 0 Å². The van der Waals surface area contributed by atoms with Gasteiger partial charge in [0.15, 0.2) is 0 Å². The van der Waals surface area contributed by atoms with Crippen LogP contribution in [-0.4, -0.2) is 30.1 Å². The molecule has 2 rings (SSSR count). The largest absolute Gasteiger partial charge is 0.309 e. The second-order valence-electron chi connectivity index (χ2n) is 4.90. The van der Waals surface area contributed by atoms with Crippen LogP contribution in [0.2, 0.25) is 0 Å². The molecule has 2 nitrogen and oxygen atoms in total. The molecular weight excluding hydrogens is 283 g/mol. The molecule has 0 saturated carbocycles. The Morgan fingerprint density at radius 3 is 2.59 bits per heavy atom. The molecule has 1 heterocycles. The first kappa shape index (κ1) is 13.0. The van der Waals surface area contributed by atoms with Gasteiger partial charge in [-0.3, -0.25) is 4.90 Å². The quantitative estimate of drug-likeness (QED) is 0.903. The molecule has 1 aliphatic heterocycles. The van der Waals surface area contributed by atoms with E-state index in [1.807, 2.05) is 6.07 Å². The summed E-state index contributed by atoms with van der Waals surface area (Å²) in [7, 11) is 0. The minimum Gasteiger partial charge on any atom is -0.309 e. The third-order valence-electron chi connectivity index (χ3n) is 3.04. The lowest BCUT2D eigenvalue weighted by Gasteiger charge is -2.36. The Balaban J connectivity index is 2.04. The third-order valence-corrected chi connectivity index (χ3v) is 3.78. The highest BCUT2D eigenvalue weighted by Crippen LogP contribution is 2.20. The van der Waals surface area contributed by atoms with E-state index in [1.165, 1.54) is 12.1 Å². The maximum atomic E-state index is 13.0. The van der Waals surface area contributed by atoms with Gasteiger partial charge in [-0.25, -0.2) is 4.39 Å². The monoisotopic (exact) mass is 300 g/mol. The van der Waals surface area contributed by atoms with Crippen LogP contribution < -0.4 is 5.32 Å². The summed E-state index contributed by atoms with van der Waals surface area (Å²) in [6.07, 6.45) is 0. The van der Waals surface area contributed by atoms with Crippen LogP contribution >= 0.6 is 15.9 Å². The van der Waals surface area contributed by atoms with Crippen LogP contribution in [0.1, 0.15) is 19.4 Å². The van der Waals surface area contributed by atoms with Crippen molar-refractivity contribution in [3.05, 3.63) is 34.1 Å². The molecular formula is C13H18BrFN2. The molecule has 1 fully saturated rings. The summed E-state index contributed by atoms with van der Waals surface area (Å²) in [5.74, 6) is -0.192. The van der Waals surface area contributed by atoms with E-state index in [4.69, 9.17) is 0 Å². The van der Waals surface area contributed by atoms with Gasteiger partial charge in [0, 0.05) is 36.2 Å². The van der Waals surface area contributed by atoms with E-state index in [2.05, 4.69) is 40.0 Å². The van der Waals surface area contributed by atoms with Crippen molar-refractivity contribution in [3.8, 4) is 0 Å². The topological polar surface area (TPSA) is 15.3 Å². The van der Waals surface area contributed by atoms with E-state index >= 15 is 0 Å². The molecule has 1 aromatic rings. The lowest BCUT2D eigenvalue weighted by Crippen LogP contribution is -2.53. The smallest absolute Gasteiger partial charge is 0.124 e. The zero-order valence-corrected chi connectivity index (χ0v) is 11.8. The van der Waals surface area contributed by atoms with Crippen molar-refractivity contribution < 1.29 is 4.39 Å². The average Bonchev–Trinajstić information content (AvgIpc) is 2.21. The summed E-state index contributed by atoms with van der Waals surface area (Å²) in [6, 6.07) is 5.94. The lowest BCUT2D eigenvalue weighted by molar-refractivity contribution is 0.166. The number of halogens is 2. The van der Waals surface area contributed by atoms with Crippen LogP contribution in [0.15, 0.2) is 22.7 Å². The molecule has 17 heavy (non-hydrogen) atoms. The van der Waals surface area contributed by atoms with Crippen molar-refractivity contribution in [1.29, 1.82) is 0 Å². The second kappa shape index (κ2) is 5.46. The molecule has 0 radical (unpaired) electrons. The molecule has 94 valence electrons. The molecule has 0 bridgehead atoms. The molecule has 4 heteroatoms. The summed E-state index contributed by atoms with van der Waals surface area (Å²) in [5.41, 5.74) is 1.15. The fourth-order valence-electron chi connectivity index (χ4n) is 2.46. The van der Waals surface area contributed by atoms with E-state index in [0.29, 0.717) is 12.1 Å². The number of piperazine rings is 1. The summed E-state index contributed by atoms with van der Waals surface area (Å²) in [4.78, 5) is 2.41. The summed E-state index contributed by atoms with van der Waals surface area (Å²) in [5, 5.41) is 3.51. The summed E-state index contributed by atoms with van der Waals surface area (Å²) in [6.45, 7) is 7.34. The number of nitrogens with one attached hydrogen (secondary N) is 1. The van der Waals surface area contributed by atoms with Crippen LogP contribution in [0.4, 0.5) is 4.39 Å². The van der Waals surface area contributed by atoms with Gasteiger partial charge in [0.2, 0.25) is 0 Å². The van der Waals surface area contributed by atoms with Crippen molar-refractivity contribution in [3.63, 3.8) is 0 Å². The molecule has 1 aliphatic rings. The van der Waals surface area contributed by atoms with Gasteiger partial charge in [-0.15, -0.1) is 0 Å². The highest BCUT2D eigenvalue weighted by Gasteiger charge is 2.21. The van der Waals surface area contributed by atoms with E-state index in [-0.39, 0.29) is 5.82 Å². The van der Waals surface area contributed by atoms with E-state index in [0.717, 1.165) is 29.7 Å². The fourth-order valence-corrected chi connectivity index (χ4v) is 2.94. The molecule has 2 unspecified atom stereocenters. The van der Waals surface area contributed by atoms with Crippen molar-refractivity contribution >= 4 is 15.9 Å². The van der Waals surface area contributed by atoms with Crippen molar-refractivity contribution in [2.24, 2.45) is 0 Å². The number of benzene rings is 1. The maximum Gasteiger partial charge on any atom is 0.124 e. The predicted molar refractivity (Wildman–Crippen MR) is 71.4 cm³/mol. The third kappa shape index (κ3) is 3.50. The first-order valence-electron chi connectivity index (χ1n) is 5.97. The van der Waals surface area contributed by atoms with Gasteiger partial charge in [-0.05, 0) is 31.5 Å². The predicted octanol–water partition coefficient (Wildman–Crippen LogP) is 2.77. The standard InChI is InChI=1S/C13H18BrFN2/c1-9-6-17(7-10(2)16-9)8-11-3-4-12(15)5-13(11)14/h3-5,9-10,16H,6-8H2,1-2H3. The molecule has 0 aliphatic carbocycles. The summed E-state index contributed by atoms with van der Waals surface area (Å²) >= 11 is 3.42. The zero-order chi connectivity index (χ0) is 12.4. The summed E-state index contributed by atoms with van der Waals surface area (Å²) < 4.78 is 13.9. The number of nitrogens with zero attached hydrogens (tertiary/aromatic N) is 1. The second-order valence-corrected chi connectivity index (χ2v) is 5.75. The van der Waals surface area contributed by atoms with Gasteiger partial charge < -0.3 is 5.32 Å². The first-order chi connectivity index (χ1) is 8.04. The van der Waals surface area contributed by atoms with Crippen LogP contribution in [0.25, 0.3) is 0 Å². The Morgan fingerprint density at radius 1 is 1.35 bits per heavy atom.